The lowest BCUT2D eigenvalue weighted by molar-refractivity contribution is 0.273. The average molecular weight is 536 g/mol. The number of nitrogens with two attached hydrogens (primary N) is 2. The van der Waals surface area contributed by atoms with E-state index in [1.54, 1.807) is 23.9 Å². The number of thioether (sulfide) groups is 1. The number of hydrogen-bond acceptors (Lipinski definition) is 4. The molecule has 0 aliphatic carbocycles. The Morgan fingerprint density at radius 3 is 2.94 bits per heavy atom. The van der Waals surface area contributed by atoms with Crippen LogP contribution in [0.2, 0.25) is 10.0 Å². The SMILES string of the molecule is CC1(c2ccc(Cl)c(Cl)c2)/C=C/C=C(F)\C=C/Cn2c1cnc2SCC1CCCN(/C(N)=N/N)C1. The van der Waals surface area contributed by atoms with E-state index >= 15 is 0 Å². The summed E-state index contributed by atoms with van der Waals surface area (Å²) in [5.41, 5.74) is 7.26. The zero-order valence-corrected chi connectivity index (χ0v) is 21.8. The Morgan fingerprint density at radius 2 is 2.17 bits per heavy atom. The van der Waals surface area contributed by atoms with Crippen LogP contribution in [0.4, 0.5) is 4.39 Å². The van der Waals surface area contributed by atoms with Gasteiger partial charge in [-0.3, -0.25) is 0 Å². The Hall–Kier alpha value is -2.42. The molecule has 2 unspecified atom stereocenters. The lowest BCUT2D eigenvalue weighted by Gasteiger charge is -2.33. The molecule has 2 atom stereocenters. The molecule has 4 rings (SSSR count). The maximum atomic E-state index is 14.3. The predicted molar refractivity (Wildman–Crippen MR) is 143 cm³/mol. The molecular weight excluding hydrogens is 506 g/mol. The molecule has 1 aromatic carbocycles. The number of piperidine rings is 1. The van der Waals surface area contributed by atoms with Crippen molar-refractivity contribution in [1.29, 1.82) is 0 Å². The van der Waals surface area contributed by atoms with Crippen LogP contribution in [-0.2, 0) is 12.0 Å². The molecule has 0 saturated carbocycles. The average Bonchev–Trinajstić information content (AvgIpc) is 3.27. The first kappa shape index (κ1) is 25.7. The van der Waals surface area contributed by atoms with Gasteiger partial charge in [0.1, 0.15) is 5.83 Å². The smallest absolute Gasteiger partial charge is 0.213 e. The number of hydrazone groups is 1. The summed E-state index contributed by atoms with van der Waals surface area (Å²) in [7, 11) is 0. The number of likely N-dealkylation sites (tertiary alicyclic amines) is 1. The van der Waals surface area contributed by atoms with Crippen molar-refractivity contribution in [2.24, 2.45) is 22.6 Å². The maximum Gasteiger partial charge on any atom is 0.213 e. The molecule has 186 valence electrons. The molecule has 10 heteroatoms. The van der Waals surface area contributed by atoms with Crippen LogP contribution in [0, 0.1) is 5.92 Å². The first-order valence-corrected chi connectivity index (χ1v) is 13.2. The molecule has 3 heterocycles. The van der Waals surface area contributed by atoms with Crippen molar-refractivity contribution in [3.05, 3.63) is 81.9 Å². The second-order valence-corrected chi connectivity index (χ2v) is 10.7. The monoisotopic (exact) mass is 534 g/mol. The Kier molecular flexibility index (Phi) is 8.14. The standard InChI is InChI=1S/C25H29Cl2FN6S/c1-25(18-8-9-20(26)21(27)13-18)10-2-6-19(28)7-4-12-34-22(25)14-31-24(34)35-16-17-5-3-11-33(15-17)23(29)32-30/h2,4,6-10,13-14,17H,3,5,11-12,15-16,30H2,1H3,(H2,29,32)/b7-4-,10-2+,19-6+. The minimum atomic E-state index is -0.602. The van der Waals surface area contributed by atoms with E-state index in [0.29, 0.717) is 28.5 Å². The van der Waals surface area contributed by atoms with E-state index in [9.17, 15) is 4.39 Å². The van der Waals surface area contributed by atoms with Gasteiger partial charge in [0.15, 0.2) is 5.16 Å². The quantitative estimate of drug-likeness (QED) is 0.178. The molecule has 0 amide bonds. The van der Waals surface area contributed by atoms with Gasteiger partial charge in [0.05, 0.1) is 27.4 Å². The molecule has 35 heavy (non-hydrogen) atoms. The first-order chi connectivity index (χ1) is 16.8. The van der Waals surface area contributed by atoms with Crippen molar-refractivity contribution in [2.45, 2.75) is 36.9 Å². The summed E-state index contributed by atoms with van der Waals surface area (Å²) in [4.78, 5) is 6.81. The normalized spacial score (nSPS) is 26.5. The summed E-state index contributed by atoms with van der Waals surface area (Å²) in [6.07, 6.45) is 12.5. The number of hydrogen-bond donors (Lipinski definition) is 2. The molecule has 1 saturated heterocycles. The highest BCUT2D eigenvalue weighted by molar-refractivity contribution is 7.99. The highest BCUT2D eigenvalue weighted by Crippen LogP contribution is 2.39. The molecular formula is C25H29Cl2FN6S. The predicted octanol–water partition coefficient (Wildman–Crippen LogP) is 5.47. The third-order valence-corrected chi connectivity index (χ3v) is 8.50. The van der Waals surface area contributed by atoms with Crippen LogP contribution in [0.3, 0.4) is 0 Å². The molecule has 1 fully saturated rings. The third kappa shape index (κ3) is 5.71. The van der Waals surface area contributed by atoms with Gasteiger partial charge in [0.25, 0.3) is 0 Å². The van der Waals surface area contributed by atoms with E-state index in [-0.39, 0.29) is 5.83 Å². The summed E-state index contributed by atoms with van der Waals surface area (Å²) in [6.45, 7) is 4.25. The zero-order chi connectivity index (χ0) is 25.0. The van der Waals surface area contributed by atoms with Crippen LogP contribution in [0.5, 0.6) is 0 Å². The molecule has 0 spiro atoms. The molecule has 6 nitrogen and oxygen atoms in total. The van der Waals surface area contributed by atoms with E-state index < -0.39 is 5.41 Å². The van der Waals surface area contributed by atoms with E-state index in [4.69, 9.17) is 39.8 Å². The Balaban J connectivity index is 1.66. The van der Waals surface area contributed by atoms with E-state index in [1.165, 1.54) is 12.2 Å². The number of allylic oxidation sites excluding steroid dienone is 6. The minimum absolute atomic E-state index is 0.308. The third-order valence-electron chi connectivity index (χ3n) is 6.54. The van der Waals surface area contributed by atoms with Crippen LogP contribution in [-0.4, -0.2) is 39.3 Å². The highest BCUT2D eigenvalue weighted by Gasteiger charge is 2.32. The molecule has 2 aromatic rings. The maximum absolute atomic E-state index is 14.3. The molecule has 2 aliphatic rings. The number of imidazole rings is 1. The number of rotatable bonds is 4. The lowest BCUT2D eigenvalue weighted by atomic mass is 9.79. The number of aromatic nitrogens is 2. The number of nitrogens with zero attached hydrogens (tertiary/aromatic N) is 4. The number of halogens is 3. The van der Waals surface area contributed by atoms with Gasteiger partial charge >= 0.3 is 0 Å². The van der Waals surface area contributed by atoms with Crippen molar-refractivity contribution in [3.8, 4) is 0 Å². The summed E-state index contributed by atoms with van der Waals surface area (Å²) >= 11 is 14.3. The van der Waals surface area contributed by atoms with Crippen molar-refractivity contribution in [2.75, 3.05) is 18.8 Å². The molecule has 4 N–H and O–H groups in total. The van der Waals surface area contributed by atoms with Gasteiger partial charge in [-0.05, 0) is 55.5 Å². The van der Waals surface area contributed by atoms with Gasteiger partial charge in [-0.2, -0.15) is 0 Å². The molecule has 0 radical (unpaired) electrons. The van der Waals surface area contributed by atoms with E-state index in [0.717, 1.165) is 48.1 Å². The van der Waals surface area contributed by atoms with Crippen molar-refractivity contribution < 1.29 is 4.39 Å². The minimum Gasteiger partial charge on any atom is -0.368 e. The van der Waals surface area contributed by atoms with Gasteiger partial charge in [-0.25, -0.2) is 9.37 Å². The van der Waals surface area contributed by atoms with Crippen molar-refractivity contribution >= 4 is 40.9 Å². The number of guanidine groups is 1. The second kappa shape index (κ2) is 11.1. The topological polar surface area (TPSA) is 85.5 Å². The summed E-state index contributed by atoms with van der Waals surface area (Å²) in [6, 6.07) is 5.60. The largest absolute Gasteiger partial charge is 0.368 e. The summed E-state index contributed by atoms with van der Waals surface area (Å²) in [5.74, 6) is 6.75. The summed E-state index contributed by atoms with van der Waals surface area (Å²) in [5, 5.41) is 5.49. The highest BCUT2D eigenvalue weighted by atomic mass is 35.5. The van der Waals surface area contributed by atoms with Crippen LogP contribution in [0.25, 0.3) is 0 Å². The Bertz CT molecular complexity index is 1190. The number of fused-ring (bicyclic) bond motifs is 1. The Labute approximate surface area is 219 Å². The summed E-state index contributed by atoms with van der Waals surface area (Å²) < 4.78 is 16.4. The fourth-order valence-electron chi connectivity index (χ4n) is 4.56. The molecule has 2 aliphatic heterocycles. The zero-order valence-electron chi connectivity index (χ0n) is 19.5. The lowest BCUT2D eigenvalue weighted by Crippen LogP contribution is -2.45. The van der Waals surface area contributed by atoms with Crippen molar-refractivity contribution in [3.63, 3.8) is 0 Å². The van der Waals surface area contributed by atoms with E-state index in [1.807, 2.05) is 35.4 Å². The van der Waals surface area contributed by atoms with Crippen LogP contribution < -0.4 is 11.6 Å². The molecule has 0 bridgehead atoms. The van der Waals surface area contributed by atoms with Crippen LogP contribution in [0.15, 0.2) is 70.9 Å². The van der Waals surface area contributed by atoms with Crippen LogP contribution >= 0.6 is 35.0 Å². The van der Waals surface area contributed by atoms with Gasteiger partial charge in [-0.15, -0.1) is 5.10 Å². The van der Waals surface area contributed by atoms with Crippen LogP contribution in [0.1, 0.15) is 31.0 Å². The Morgan fingerprint density at radius 1 is 1.34 bits per heavy atom. The van der Waals surface area contributed by atoms with E-state index in [2.05, 4.69) is 16.6 Å². The van der Waals surface area contributed by atoms with Crippen molar-refractivity contribution in [1.82, 2.24) is 14.5 Å². The first-order valence-electron chi connectivity index (χ1n) is 11.5. The fraction of sp³-hybridized carbons (Fsp3) is 0.360. The fourth-order valence-corrected chi connectivity index (χ4v) is 5.97. The second-order valence-electron chi connectivity index (χ2n) is 8.93. The van der Waals surface area contributed by atoms with Gasteiger partial charge in [-0.1, -0.05) is 59.3 Å². The van der Waals surface area contributed by atoms with Gasteiger partial charge < -0.3 is 21.0 Å². The van der Waals surface area contributed by atoms with Gasteiger partial charge in [0.2, 0.25) is 5.96 Å². The number of benzene rings is 1. The van der Waals surface area contributed by atoms with Gasteiger partial charge in [0, 0.05) is 25.4 Å². The molecule has 1 aromatic heterocycles.